The lowest BCUT2D eigenvalue weighted by molar-refractivity contribution is 0.313. The molecule has 1 rings (SSSR count). The van der Waals surface area contributed by atoms with Gasteiger partial charge in [-0.05, 0) is 11.8 Å². The van der Waals surface area contributed by atoms with Crippen molar-refractivity contribution in [3.8, 4) is 0 Å². The fourth-order valence-electron chi connectivity index (χ4n) is 1.21. The largest absolute Gasteiger partial charge is 0.369 e. The van der Waals surface area contributed by atoms with Crippen LogP contribution in [0.25, 0.3) is 0 Å². The van der Waals surface area contributed by atoms with Gasteiger partial charge in [0.1, 0.15) is 0 Å². The Morgan fingerprint density at radius 3 is 1.33 bits per heavy atom. The van der Waals surface area contributed by atoms with Gasteiger partial charge in [-0.15, -0.1) is 0 Å². The zero-order valence-electron chi connectivity index (χ0n) is 6.72. The molecule has 0 aromatic carbocycles. The molecule has 0 aromatic heterocycles. The minimum absolute atomic E-state index is 0.560. The van der Waals surface area contributed by atoms with Crippen LogP contribution in [0.2, 0.25) is 0 Å². The van der Waals surface area contributed by atoms with Gasteiger partial charge in [0, 0.05) is 0 Å². The van der Waals surface area contributed by atoms with E-state index in [2.05, 4.69) is 27.7 Å². The fourth-order valence-corrected chi connectivity index (χ4v) is 1.21. The third-order valence-corrected chi connectivity index (χ3v) is 1.88. The molecule has 0 amide bonds. The molecule has 54 valence electrons. The number of rotatable bonds is 2. The van der Waals surface area contributed by atoms with Crippen LogP contribution in [0, 0.1) is 11.8 Å². The first-order valence-electron chi connectivity index (χ1n) is 3.78. The van der Waals surface area contributed by atoms with Gasteiger partial charge in [-0.3, -0.25) is 0 Å². The van der Waals surface area contributed by atoms with E-state index in [0.717, 1.165) is 0 Å². The van der Waals surface area contributed by atoms with Crippen molar-refractivity contribution in [2.45, 2.75) is 39.9 Å². The van der Waals surface area contributed by atoms with E-state index in [4.69, 9.17) is 4.74 Å². The van der Waals surface area contributed by atoms with E-state index in [1.165, 1.54) is 0 Å². The lowest BCUT2D eigenvalue weighted by Crippen LogP contribution is -2.07. The predicted molar refractivity (Wildman–Crippen MR) is 38.3 cm³/mol. The minimum Gasteiger partial charge on any atom is -0.369 e. The molecule has 0 bridgehead atoms. The van der Waals surface area contributed by atoms with Crippen LogP contribution < -0.4 is 0 Å². The summed E-state index contributed by atoms with van der Waals surface area (Å²) in [5.74, 6) is 1.41. The van der Waals surface area contributed by atoms with Gasteiger partial charge in [-0.2, -0.15) is 0 Å². The average Bonchev–Trinajstić information content (AvgIpc) is 2.39. The van der Waals surface area contributed by atoms with Crippen LogP contribution >= 0.6 is 0 Å². The van der Waals surface area contributed by atoms with Gasteiger partial charge in [0.05, 0.1) is 12.2 Å². The second kappa shape index (κ2) is 2.30. The van der Waals surface area contributed by atoms with Gasteiger partial charge < -0.3 is 4.74 Å². The quantitative estimate of drug-likeness (QED) is 0.519. The molecule has 1 aliphatic rings. The summed E-state index contributed by atoms with van der Waals surface area (Å²) >= 11 is 0. The molecule has 1 heterocycles. The van der Waals surface area contributed by atoms with Gasteiger partial charge in [0.2, 0.25) is 0 Å². The minimum atomic E-state index is 0.560. The number of hydrogen-bond donors (Lipinski definition) is 0. The Balaban J connectivity index is 2.24. The van der Waals surface area contributed by atoms with Crippen LogP contribution in [0.15, 0.2) is 0 Å². The first-order chi connectivity index (χ1) is 4.13. The zero-order chi connectivity index (χ0) is 7.02. The molecule has 1 heteroatoms. The highest BCUT2D eigenvalue weighted by Crippen LogP contribution is 2.34. The maximum absolute atomic E-state index is 5.44. The highest BCUT2D eigenvalue weighted by Gasteiger charge is 2.42. The highest BCUT2D eigenvalue weighted by molar-refractivity contribution is 4.88. The third-order valence-electron chi connectivity index (χ3n) is 1.88. The molecular weight excluding hydrogens is 112 g/mol. The summed E-state index contributed by atoms with van der Waals surface area (Å²) in [6.45, 7) is 8.86. The van der Waals surface area contributed by atoms with Crippen molar-refractivity contribution in [1.82, 2.24) is 0 Å². The zero-order valence-corrected chi connectivity index (χ0v) is 6.72. The molecule has 1 nitrogen and oxygen atoms in total. The molecule has 0 N–H and O–H groups in total. The molecule has 1 fully saturated rings. The Morgan fingerprint density at radius 2 is 1.22 bits per heavy atom. The van der Waals surface area contributed by atoms with E-state index >= 15 is 0 Å². The molecule has 0 unspecified atom stereocenters. The standard InChI is InChI=1S/C8H16O/c1-5(2)7-8(9-7)6(3)4/h5-8H,1-4H3/t7-,8+. The van der Waals surface area contributed by atoms with Crippen LogP contribution in [0.5, 0.6) is 0 Å². The smallest absolute Gasteiger partial charge is 0.0867 e. The Hall–Kier alpha value is -0.0400. The van der Waals surface area contributed by atoms with E-state index in [0.29, 0.717) is 24.0 Å². The second-order valence-corrected chi connectivity index (χ2v) is 3.55. The molecule has 1 aliphatic heterocycles. The third kappa shape index (κ3) is 1.45. The van der Waals surface area contributed by atoms with E-state index < -0.39 is 0 Å². The fraction of sp³-hybridized carbons (Fsp3) is 1.00. The Kier molecular flexibility index (Phi) is 1.80. The van der Waals surface area contributed by atoms with Gasteiger partial charge in [-0.25, -0.2) is 0 Å². The van der Waals surface area contributed by atoms with Crippen LogP contribution in [-0.2, 0) is 4.74 Å². The van der Waals surface area contributed by atoms with Crippen molar-refractivity contribution in [3.63, 3.8) is 0 Å². The summed E-state index contributed by atoms with van der Waals surface area (Å²) in [4.78, 5) is 0. The van der Waals surface area contributed by atoms with Gasteiger partial charge >= 0.3 is 0 Å². The van der Waals surface area contributed by atoms with Crippen LogP contribution in [0.1, 0.15) is 27.7 Å². The topological polar surface area (TPSA) is 12.5 Å². The van der Waals surface area contributed by atoms with Crippen molar-refractivity contribution < 1.29 is 4.74 Å². The second-order valence-electron chi connectivity index (χ2n) is 3.55. The van der Waals surface area contributed by atoms with Gasteiger partial charge in [0.25, 0.3) is 0 Å². The molecule has 0 saturated carbocycles. The monoisotopic (exact) mass is 128 g/mol. The van der Waals surface area contributed by atoms with Crippen molar-refractivity contribution in [2.75, 3.05) is 0 Å². The first kappa shape index (κ1) is 7.07. The highest BCUT2D eigenvalue weighted by atomic mass is 16.6. The lowest BCUT2D eigenvalue weighted by atomic mass is 10.0. The first-order valence-corrected chi connectivity index (χ1v) is 3.78. The molecule has 2 atom stereocenters. The maximum atomic E-state index is 5.44. The molecule has 1 saturated heterocycles. The molecule has 0 spiro atoms. The van der Waals surface area contributed by atoms with E-state index in [-0.39, 0.29) is 0 Å². The van der Waals surface area contributed by atoms with E-state index in [1.807, 2.05) is 0 Å². The Labute approximate surface area is 57.4 Å². The number of hydrogen-bond acceptors (Lipinski definition) is 1. The van der Waals surface area contributed by atoms with Crippen LogP contribution in [0.3, 0.4) is 0 Å². The predicted octanol–water partition coefficient (Wildman–Crippen LogP) is 2.07. The lowest BCUT2D eigenvalue weighted by Gasteiger charge is -1.99. The van der Waals surface area contributed by atoms with Gasteiger partial charge in [-0.1, -0.05) is 27.7 Å². The Morgan fingerprint density at radius 1 is 0.889 bits per heavy atom. The van der Waals surface area contributed by atoms with Crippen LogP contribution in [-0.4, -0.2) is 12.2 Å². The summed E-state index contributed by atoms with van der Waals surface area (Å²) in [6.07, 6.45) is 1.12. The van der Waals surface area contributed by atoms with E-state index in [9.17, 15) is 0 Å². The normalized spacial score (nSPS) is 34.0. The average molecular weight is 128 g/mol. The SMILES string of the molecule is CC(C)[C@H]1O[C@H]1C(C)C. The van der Waals surface area contributed by atoms with Crippen molar-refractivity contribution in [1.29, 1.82) is 0 Å². The number of ether oxygens (including phenoxy) is 1. The van der Waals surface area contributed by atoms with Crippen molar-refractivity contribution in [2.24, 2.45) is 11.8 Å². The van der Waals surface area contributed by atoms with Crippen LogP contribution in [0.4, 0.5) is 0 Å². The van der Waals surface area contributed by atoms with Crippen molar-refractivity contribution >= 4 is 0 Å². The summed E-state index contributed by atoms with van der Waals surface area (Å²) < 4.78 is 5.44. The Bertz CT molecular complexity index is 84.7. The molecule has 0 aromatic rings. The van der Waals surface area contributed by atoms with E-state index in [1.54, 1.807) is 0 Å². The summed E-state index contributed by atoms with van der Waals surface area (Å²) in [7, 11) is 0. The van der Waals surface area contributed by atoms with Gasteiger partial charge in [0.15, 0.2) is 0 Å². The summed E-state index contributed by atoms with van der Waals surface area (Å²) in [5, 5.41) is 0. The molecule has 0 radical (unpaired) electrons. The summed E-state index contributed by atoms with van der Waals surface area (Å²) in [6, 6.07) is 0. The summed E-state index contributed by atoms with van der Waals surface area (Å²) in [5.41, 5.74) is 0. The molecule has 0 aliphatic carbocycles. The van der Waals surface area contributed by atoms with Crippen molar-refractivity contribution in [3.05, 3.63) is 0 Å². The molecule has 9 heavy (non-hydrogen) atoms. The molecular formula is C8H16O. The number of epoxide rings is 1. The maximum Gasteiger partial charge on any atom is 0.0867 e.